The van der Waals surface area contributed by atoms with Crippen molar-refractivity contribution in [2.45, 2.75) is 11.8 Å². The summed E-state index contributed by atoms with van der Waals surface area (Å²) in [5.74, 6) is 0. The van der Waals surface area contributed by atoms with Gasteiger partial charge < -0.3 is 5.73 Å². The zero-order chi connectivity index (χ0) is 15.8. The minimum Gasteiger partial charge on any atom is -0.396 e. The summed E-state index contributed by atoms with van der Waals surface area (Å²) < 4.78 is 27.2. The number of pyridine rings is 1. The predicted molar refractivity (Wildman–Crippen MR) is 85.7 cm³/mol. The Hall–Kier alpha value is -1.21. The number of aryl methyl sites for hydroxylation is 1. The lowest BCUT2D eigenvalue weighted by Gasteiger charge is -2.13. The lowest BCUT2D eigenvalue weighted by Crippen LogP contribution is -2.15. The molecule has 0 aliphatic heterocycles. The summed E-state index contributed by atoms with van der Waals surface area (Å²) in [7, 11) is -3.97. The number of benzene rings is 1. The van der Waals surface area contributed by atoms with Crippen molar-refractivity contribution >= 4 is 56.2 Å². The van der Waals surface area contributed by atoms with Gasteiger partial charge in [0, 0.05) is 6.20 Å². The number of hydrogen-bond donors (Lipinski definition) is 2. The molecule has 9 heteroatoms. The smallest absolute Gasteiger partial charge is 0.263 e. The zero-order valence-electron chi connectivity index (χ0n) is 10.7. The molecule has 0 radical (unpaired) electrons. The van der Waals surface area contributed by atoms with Gasteiger partial charge in [0.15, 0.2) is 5.15 Å². The van der Waals surface area contributed by atoms with Crippen LogP contribution in [0.15, 0.2) is 29.3 Å². The van der Waals surface area contributed by atoms with E-state index in [-0.39, 0.29) is 31.5 Å². The topological polar surface area (TPSA) is 85.1 Å². The van der Waals surface area contributed by atoms with Crippen molar-refractivity contribution < 1.29 is 8.42 Å². The van der Waals surface area contributed by atoms with Crippen LogP contribution in [-0.4, -0.2) is 13.4 Å². The molecule has 0 atom stereocenters. The van der Waals surface area contributed by atoms with Crippen LogP contribution < -0.4 is 10.5 Å². The Balaban J connectivity index is 2.52. The highest BCUT2D eigenvalue weighted by Gasteiger charge is 2.22. The van der Waals surface area contributed by atoms with E-state index in [1.54, 1.807) is 13.0 Å². The maximum absolute atomic E-state index is 12.4. The third-order valence-corrected chi connectivity index (χ3v) is 5.26. The lowest BCUT2D eigenvalue weighted by molar-refractivity contribution is 0.601. The molecule has 0 amide bonds. The van der Waals surface area contributed by atoms with Crippen LogP contribution in [0.4, 0.5) is 11.4 Å². The predicted octanol–water partition coefficient (Wildman–Crippen LogP) is 3.73. The van der Waals surface area contributed by atoms with Gasteiger partial charge in [-0.3, -0.25) is 4.72 Å². The number of halogens is 3. The van der Waals surface area contributed by atoms with Crippen LogP contribution in [0.2, 0.25) is 15.2 Å². The SMILES string of the molecule is Cc1ccnc(Cl)c1NS(=O)(=O)c1ccc(Cl)c(N)c1Cl. The Labute approximate surface area is 137 Å². The van der Waals surface area contributed by atoms with Gasteiger partial charge in [-0.25, -0.2) is 13.4 Å². The van der Waals surface area contributed by atoms with Gasteiger partial charge in [0.1, 0.15) is 4.90 Å². The van der Waals surface area contributed by atoms with Crippen molar-refractivity contribution in [1.82, 2.24) is 4.98 Å². The summed E-state index contributed by atoms with van der Waals surface area (Å²) in [5.41, 5.74) is 6.44. The summed E-state index contributed by atoms with van der Waals surface area (Å²) in [6, 6.07) is 4.25. The number of nitrogens with two attached hydrogens (primary N) is 1. The van der Waals surface area contributed by atoms with E-state index in [1.807, 2.05) is 0 Å². The minimum absolute atomic E-state index is 0.00443. The monoisotopic (exact) mass is 365 g/mol. The van der Waals surface area contributed by atoms with Gasteiger partial charge in [-0.15, -0.1) is 0 Å². The number of nitrogens with zero attached hydrogens (tertiary/aromatic N) is 1. The Bertz CT molecular complexity index is 789. The van der Waals surface area contributed by atoms with Crippen LogP contribution in [-0.2, 0) is 10.0 Å². The average Bonchev–Trinajstić information content (AvgIpc) is 2.40. The summed E-state index contributed by atoms with van der Waals surface area (Å²) in [6.45, 7) is 1.70. The van der Waals surface area contributed by atoms with Crippen LogP contribution in [0.1, 0.15) is 5.56 Å². The van der Waals surface area contributed by atoms with Crippen LogP contribution in [0.25, 0.3) is 0 Å². The van der Waals surface area contributed by atoms with Crippen LogP contribution >= 0.6 is 34.8 Å². The van der Waals surface area contributed by atoms with Gasteiger partial charge in [-0.1, -0.05) is 34.8 Å². The van der Waals surface area contributed by atoms with Crippen molar-refractivity contribution in [2.24, 2.45) is 0 Å². The molecule has 0 aliphatic rings. The summed E-state index contributed by atoms with van der Waals surface area (Å²) in [5, 5.41) is 0.0684. The number of nitrogens with one attached hydrogen (secondary N) is 1. The second-order valence-corrected chi connectivity index (χ2v) is 6.97. The van der Waals surface area contributed by atoms with Crippen molar-refractivity contribution in [1.29, 1.82) is 0 Å². The van der Waals surface area contributed by atoms with Gasteiger partial charge in [-0.2, -0.15) is 0 Å². The quantitative estimate of drug-likeness (QED) is 0.640. The highest BCUT2D eigenvalue weighted by atomic mass is 35.5. The number of hydrogen-bond acceptors (Lipinski definition) is 4. The molecule has 3 N–H and O–H groups in total. The standard InChI is InChI=1S/C12H10Cl3N3O2S/c1-6-4-5-17-12(15)11(6)18-21(19,20)8-3-2-7(13)10(16)9(8)14/h2-5,18H,16H2,1H3. The van der Waals surface area contributed by atoms with E-state index < -0.39 is 10.0 Å². The molecule has 1 aromatic heterocycles. The first-order valence-electron chi connectivity index (χ1n) is 5.61. The molecular weight excluding hydrogens is 357 g/mol. The fraction of sp³-hybridized carbons (Fsp3) is 0.0833. The third-order valence-electron chi connectivity index (χ3n) is 2.73. The van der Waals surface area contributed by atoms with Crippen LogP contribution in [0, 0.1) is 6.92 Å². The first kappa shape index (κ1) is 16.2. The molecule has 0 unspecified atom stereocenters. The largest absolute Gasteiger partial charge is 0.396 e. The zero-order valence-corrected chi connectivity index (χ0v) is 13.8. The molecule has 0 saturated heterocycles. The number of aromatic nitrogens is 1. The normalized spacial score (nSPS) is 11.4. The minimum atomic E-state index is -3.97. The first-order chi connectivity index (χ1) is 9.74. The van der Waals surface area contributed by atoms with E-state index >= 15 is 0 Å². The fourth-order valence-corrected chi connectivity index (χ4v) is 3.81. The molecule has 2 aromatic rings. The van der Waals surface area contributed by atoms with E-state index in [4.69, 9.17) is 40.5 Å². The van der Waals surface area contributed by atoms with Crippen LogP contribution in [0.5, 0.6) is 0 Å². The van der Waals surface area contributed by atoms with Gasteiger partial charge in [0.25, 0.3) is 10.0 Å². The van der Waals surface area contributed by atoms with E-state index in [0.29, 0.717) is 5.56 Å². The maximum Gasteiger partial charge on any atom is 0.263 e. The highest BCUT2D eigenvalue weighted by Crippen LogP contribution is 2.35. The number of sulfonamides is 1. The number of rotatable bonds is 3. The molecule has 21 heavy (non-hydrogen) atoms. The van der Waals surface area contributed by atoms with E-state index in [1.165, 1.54) is 18.3 Å². The summed E-state index contributed by atoms with van der Waals surface area (Å²) in [6.07, 6.45) is 1.47. The Morgan fingerprint density at radius 2 is 1.86 bits per heavy atom. The first-order valence-corrected chi connectivity index (χ1v) is 8.23. The third kappa shape index (κ3) is 3.18. The maximum atomic E-state index is 12.4. The molecule has 0 spiro atoms. The van der Waals surface area contributed by atoms with Crippen molar-refractivity contribution in [3.63, 3.8) is 0 Å². The Morgan fingerprint density at radius 3 is 2.48 bits per heavy atom. The van der Waals surface area contributed by atoms with Gasteiger partial charge in [0.05, 0.1) is 21.4 Å². The lowest BCUT2D eigenvalue weighted by atomic mass is 10.3. The summed E-state index contributed by atoms with van der Waals surface area (Å²) in [4.78, 5) is 3.64. The average molecular weight is 367 g/mol. The van der Waals surface area contributed by atoms with E-state index in [2.05, 4.69) is 9.71 Å². The Morgan fingerprint density at radius 1 is 1.19 bits per heavy atom. The van der Waals surface area contributed by atoms with Gasteiger partial charge >= 0.3 is 0 Å². The van der Waals surface area contributed by atoms with Crippen molar-refractivity contribution in [3.05, 3.63) is 45.2 Å². The molecule has 0 saturated carbocycles. The highest BCUT2D eigenvalue weighted by molar-refractivity contribution is 7.92. The second-order valence-electron chi connectivity index (χ2n) is 4.17. The molecule has 1 aromatic carbocycles. The molecular formula is C12H10Cl3N3O2S. The van der Waals surface area contributed by atoms with E-state index in [0.717, 1.165) is 0 Å². The molecule has 0 fully saturated rings. The van der Waals surface area contributed by atoms with Gasteiger partial charge in [-0.05, 0) is 30.7 Å². The van der Waals surface area contributed by atoms with Crippen LogP contribution in [0.3, 0.4) is 0 Å². The molecule has 0 aliphatic carbocycles. The van der Waals surface area contributed by atoms with E-state index in [9.17, 15) is 8.42 Å². The van der Waals surface area contributed by atoms with Crippen molar-refractivity contribution in [2.75, 3.05) is 10.5 Å². The molecule has 1 heterocycles. The van der Waals surface area contributed by atoms with Gasteiger partial charge in [0.2, 0.25) is 0 Å². The molecule has 2 rings (SSSR count). The molecule has 5 nitrogen and oxygen atoms in total. The molecule has 0 bridgehead atoms. The Kier molecular flexibility index (Phi) is 4.53. The number of anilines is 2. The second kappa shape index (κ2) is 5.88. The fourth-order valence-electron chi connectivity index (χ4n) is 1.59. The summed E-state index contributed by atoms with van der Waals surface area (Å²) >= 11 is 17.6. The number of nitrogen functional groups attached to an aromatic ring is 1. The van der Waals surface area contributed by atoms with Crippen molar-refractivity contribution in [3.8, 4) is 0 Å². The molecule has 112 valence electrons.